The predicted molar refractivity (Wildman–Crippen MR) is 49.8 cm³/mol. The average Bonchev–Trinajstić information content (AvgIpc) is 2.61. The predicted octanol–water partition coefficient (Wildman–Crippen LogP) is 2.65. The van der Waals surface area contributed by atoms with Crippen molar-refractivity contribution in [3.05, 3.63) is 46.3 Å². The minimum absolute atomic E-state index is 0.251. The van der Waals surface area contributed by atoms with Gasteiger partial charge in [0.05, 0.1) is 5.69 Å². The van der Waals surface area contributed by atoms with E-state index in [0.29, 0.717) is 0 Å². The zero-order chi connectivity index (χ0) is 11.8. The fourth-order valence-corrected chi connectivity index (χ4v) is 1.37. The lowest BCUT2D eigenvalue weighted by atomic mass is 10.1. The van der Waals surface area contributed by atoms with Crippen molar-refractivity contribution in [1.82, 2.24) is 5.16 Å². The number of rotatable bonds is 1. The fraction of sp³-hybridized carbons (Fsp3) is 0.100. The number of halogens is 3. The molecule has 0 saturated carbocycles. The van der Waals surface area contributed by atoms with Crippen molar-refractivity contribution < 1.29 is 17.7 Å². The lowest BCUT2D eigenvalue weighted by Gasteiger charge is -2.04. The number of benzene rings is 1. The van der Waals surface area contributed by atoms with E-state index >= 15 is 0 Å². The standard InChI is InChI=1S/C10H6F3NO2/c11-10(12,13)7-8(14-16-9(7)15)6-4-2-1-3-5-6/h1-5,14H. The zero-order valence-corrected chi connectivity index (χ0v) is 7.84. The van der Waals surface area contributed by atoms with E-state index in [9.17, 15) is 18.0 Å². The highest BCUT2D eigenvalue weighted by Gasteiger charge is 2.39. The van der Waals surface area contributed by atoms with E-state index in [1.54, 1.807) is 18.2 Å². The van der Waals surface area contributed by atoms with Crippen LogP contribution in [0.3, 0.4) is 0 Å². The van der Waals surface area contributed by atoms with Gasteiger partial charge < -0.3 is 4.52 Å². The van der Waals surface area contributed by atoms with Crippen molar-refractivity contribution in [2.45, 2.75) is 6.18 Å². The Morgan fingerprint density at radius 3 is 2.31 bits per heavy atom. The molecule has 0 amide bonds. The van der Waals surface area contributed by atoms with Crippen molar-refractivity contribution in [3.8, 4) is 11.3 Å². The van der Waals surface area contributed by atoms with Crippen molar-refractivity contribution in [3.63, 3.8) is 0 Å². The second-order valence-corrected chi connectivity index (χ2v) is 3.11. The van der Waals surface area contributed by atoms with Crippen LogP contribution >= 0.6 is 0 Å². The van der Waals surface area contributed by atoms with Crippen LogP contribution in [0.4, 0.5) is 13.2 Å². The van der Waals surface area contributed by atoms with Crippen LogP contribution < -0.4 is 5.63 Å². The third-order valence-electron chi connectivity index (χ3n) is 2.05. The molecule has 0 radical (unpaired) electrons. The molecule has 0 atom stereocenters. The van der Waals surface area contributed by atoms with Crippen LogP contribution in [0.1, 0.15) is 5.56 Å². The van der Waals surface area contributed by atoms with Crippen molar-refractivity contribution in [2.75, 3.05) is 0 Å². The topological polar surface area (TPSA) is 46.0 Å². The lowest BCUT2D eigenvalue weighted by Crippen LogP contribution is -2.15. The molecule has 0 aliphatic rings. The minimum Gasteiger partial charge on any atom is -0.338 e. The number of hydrogen-bond donors (Lipinski definition) is 1. The Labute approximate surface area is 87.5 Å². The maximum atomic E-state index is 12.5. The molecule has 1 N–H and O–H groups in total. The first-order valence-electron chi connectivity index (χ1n) is 4.34. The Balaban J connectivity index is 2.64. The van der Waals surface area contributed by atoms with Crippen LogP contribution in [-0.2, 0) is 6.18 Å². The summed E-state index contributed by atoms with van der Waals surface area (Å²) in [6, 6.07) is 7.71. The van der Waals surface area contributed by atoms with Gasteiger partial charge in [0.25, 0.3) is 0 Å². The average molecular weight is 229 g/mol. The quantitative estimate of drug-likeness (QED) is 0.817. The Bertz CT molecular complexity index is 539. The first-order valence-corrected chi connectivity index (χ1v) is 4.34. The third kappa shape index (κ3) is 1.73. The largest absolute Gasteiger partial charge is 0.425 e. The van der Waals surface area contributed by atoms with Gasteiger partial charge in [-0.1, -0.05) is 30.3 Å². The monoisotopic (exact) mass is 229 g/mol. The summed E-state index contributed by atoms with van der Waals surface area (Å²) in [6.45, 7) is 0. The summed E-state index contributed by atoms with van der Waals surface area (Å²) >= 11 is 0. The van der Waals surface area contributed by atoms with E-state index in [0.717, 1.165) is 0 Å². The molecule has 2 aromatic rings. The molecule has 84 valence electrons. The molecule has 0 aliphatic heterocycles. The Morgan fingerprint density at radius 2 is 1.75 bits per heavy atom. The van der Waals surface area contributed by atoms with E-state index in [4.69, 9.17) is 0 Å². The van der Waals surface area contributed by atoms with E-state index in [2.05, 4.69) is 4.52 Å². The molecule has 1 aromatic carbocycles. The van der Waals surface area contributed by atoms with Gasteiger partial charge in [-0.15, -0.1) is 0 Å². The van der Waals surface area contributed by atoms with E-state index in [-0.39, 0.29) is 11.3 Å². The van der Waals surface area contributed by atoms with Gasteiger partial charge in [-0.05, 0) is 0 Å². The van der Waals surface area contributed by atoms with Gasteiger partial charge in [-0.25, -0.2) is 9.95 Å². The molecule has 0 saturated heterocycles. The molecule has 0 aliphatic carbocycles. The third-order valence-corrected chi connectivity index (χ3v) is 2.05. The van der Waals surface area contributed by atoms with Crippen LogP contribution in [0.5, 0.6) is 0 Å². The van der Waals surface area contributed by atoms with Gasteiger partial charge in [0.15, 0.2) is 5.56 Å². The van der Waals surface area contributed by atoms with Crippen LogP contribution in [0.25, 0.3) is 11.3 Å². The molecule has 2 rings (SSSR count). The summed E-state index contributed by atoms with van der Waals surface area (Å²) < 4.78 is 41.8. The first kappa shape index (κ1) is 10.5. The molecule has 1 heterocycles. The highest BCUT2D eigenvalue weighted by Crippen LogP contribution is 2.33. The van der Waals surface area contributed by atoms with E-state index in [1.165, 1.54) is 12.1 Å². The summed E-state index contributed by atoms with van der Waals surface area (Å²) in [7, 11) is 0. The van der Waals surface area contributed by atoms with Gasteiger partial charge in [-0.3, -0.25) is 0 Å². The number of aromatic nitrogens is 1. The second kappa shape index (κ2) is 3.55. The highest BCUT2D eigenvalue weighted by molar-refractivity contribution is 5.62. The van der Waals surface area contributed by atoms with Crippen molar-refractivity contribution >= 4 is 0 Å². The first-order chi connectivity index (χ1) is 7.50. The molecular formula is C10H6F3NO2. The number of hydrogen-bond acceptors (Lipinski definition) is 2. The van der Waals surface area contributed by atoms with Crippen LogP contribution in [-0.4, -0.2) is 5.16 Å². The van der Waals surface area contributed by atoms with E-state index < -0.39 is 17.4 Å². The summed E-state index contributed by atoms with van der Waals surface area (Å²) in [6.07, 6.45) is -4.73. The second-order valence-electron chi connectivity index (χ2n) is 3.11. The Hall–Kier alpha value is -1.98. The highest BCUT2D eigenvalue weighted by atomic mass is 19.4. The van der Waals surface area contributed by atoms with E-state index in [1.807, 2.05) is 5.16 Å². The maximum Gasteiger partial charge on any atom is 0.425 e. The molecule has 0 unspecified atom stereocenters. The molecule has 0 bridgehead atoms. The van der Waals surface area contributed by atoms with Gasteiger partial charge >= 0.3 is 11.8 Å². The van der Waals surface area contributed by atoms with Crippen LogP contribution in [0.2, 0.25) is 0 Å². The smallest absolute Gasteiger partial charge is 0.338 e. The Morgan fingerprint density at radius 1 is 1.12 bits per heavy atom. The van der Waals surface area contributed by atoms with Gasteiger partial charge in [-0.2, -0.15) is 13.2 Å². The molecule has 6 heteroatoms. The van der Waals surface area contributed by atoms with Crippen LogP contribution in [0, 0.1) is 0 Å². The number of H-pyrrole nitrogens is 1. The molecule has 1 aromatic heterocycles. The van der Waals surface area contributed by atoms with Gasteiger partial charge in [0, 0.05) is 5.56 Å². The maximum absolute atomic E-state index is 12.5. The fourth-order valence-electron chi connectivity index (χ4n) is 1.37. The van der Waals surface area contributed by atoms with Gasteiger partial charge in [0.1, 0.15) is 0 Å². The van der Waals surface area contributed by atoms with Crippen molar-refractivity contribution in [1.29, 1.82) is 0 Å². The molecular weight excluding hydrogens is 223 g/mol. The SMILES string of the molecule is O=c1o[nH]c(-c2ccccc2)c1C(F)(F)F. The number of alkyl halides is 3. The number of aromatic amines is 1. The molecule has 3 nitrogen and oxygen atoms in total. The summed E-state index contributed by atoms with van der Waals surface area (Å²) in [4.78, 5) is 10.9. The van der Waals surface area contributed by atoms with Crippen LogP contribution in [0.15, 0.2) is 39.6 Å². The van der Waals surface area contributed by atoms with Gasteiger partial charge in [0.2, 0.25) is 0 Å². The molecule has 16 heavy (non-hydrogen) atoms. The number of nitrogens with one attached hydrogen (secondary N) is 1. The normalized spacial score (nSPS) is 11.7. The summed E-state index contributed by atoms with van der Waals surface area (Å²) in [5, 5.41) is 1.99. The lowest BCUT2D eigenvalue weighted by molar-refractivity contribution is -0.138. The zero-order valence-electron chi connectivity index (χ0n) is 7.84. The molecule has 0 fully saturated rings. The minimum atomic E-state index is -4.73. The molecule has 0 spiro atoms. The summed E-state index contributed by atoms with van der Waals surface area (Å²) in [5.74, 6) is 0. The summed E-state index contributed by atoms with van der Waals surface area (Å²) in [5.41, 5.74) is -2.82. The van der Waals surface area contributed by atoms with Crippen molar-refractivity contribution in [2.24, 2.45) is 0 Å². The Kier molecular flexibility index (Phi) is 2.34.